The summed E-state index contributed by atoms with van der Waals surface area (Å²) in [7, 11) is 0. The largest absolute Gasteiger partial charge is 0.506 e. The SMILES string of the molecule is CCOC(=O)C1=C(O)/C(=C/c2cc(I)c(OCc3cccc(Cl)c3)c(OCC)c2)SC1=NC(=O)c1ccccc1. The smallest absolute Gasteiger partial charge is 0.344 e. The Morgan fingerprint density at radius 1 is 1.02 bits per heavy atom. The maximum atomic E-state index is 12.8. The predicted molar refractivity (Wildman–Crippen MR) is 166 cm³/mol. The number of thioether (sulfide) groups is 1. The third kappa shape index (κ3) is 7.26. The number of halogens is 2. The number of carbonyl (C=O) groups is 2. The number of hydrogen-bond donors (Lipinski definition) is 1. The standard InChI is InChI=1S/C30H25ClINO6S/c1-3-37-23-15-19(14-22(32)27(23)39-17-18-9-8-12-21(31)13-18)16-24-26(34)25(30(36)38-4-2)29(40-24)33-28(35)20-10-6-5-7-11-20/h5-16,34H,3-4,17H2,1-2H3/b24-16-,33-29?. The van der Waals surface area contributed by atoms with Crippen molar-refractivity contribution < 1.29 is 28.9 Å². The van der Waals surface area contributed by atoms with Gasteiger partial charge >= 0.3 is 5.97 Å². The Morgan fingerprint density at radius 2 is 1.80 bits per heavy atom. The Morgan fingerprint density at radius 3 is 2.50 bits per heavy atom. The van der Waals surface area contributed by atoms with Gasteiger partial charge in [-0.1, -0.05) is 53.7 Å². The molecule has 0 saturated carbocycles. The van der Waals surface area contributed by atoms with E-state index in [4.69, 9.17) is 25.8 Å². The number of aliphatic imine (C=N–C) groups is 1. The highest BCUT2D eigenvalue weighted by atomic mass is 127. The number of carbonyl (C=O) groups excluding carboxylic acids is 2. The van der Waals surface area contributed by atoms with Crippen molar-refractivity contribution in [1.82, 2.24) is 0 Å². The molecule has 4 rings (SSSR count). The van der Waals surface area contributed by atoms with E-state index < -0.39 is 11.9 Å². The molecule has 0 unspecified atom stereocenters. The van der Waals surface area contributed by atoms with Crippen LogP contribution in [0.2, 0.25) is 5.02 Å². The van der Waals surface area contributed by atoms with Crippen LogP contribution in [0.1, 0.15) is 35.3 Å². The molecule has 0 saturated heterocycles. The highest BCUT2D eigenvalue weighted by molar-refractivity contribution is 14.1. The predicted octanol–water partition coefficient (Wildman–Crippen LogP) is 7.62. The molecule has 1 heterocycles. The molecule has 3 aromatic carbocycles. The highest BCUT2D eigenvalue weighted by Crippen LogP contribution is 2.41. The zero-order valence-electron chi connectivity index (χ0n) is 21.6. The summed E-state index contributed by atoms with van der Waals surface area (Å²) in [5.74, 6) is -0.504. The molecule has 1 amide bonds. The average molecular weight is 690 g/mol. The zero-order chi connectivity index (χ0) is 28.6. The van der Waals surface area contributed by atoms with E-state index in [9.17, 15) is 14.7 Å². The fourth-order valence-electron chi connectivity index (χ4n) is 3.74. The van der Waals surface area contributed by atoms with E-state index in [0.717, 1.165) is 20.9 Å². The van der Waals surface area contributed by atoms with Gasteiger partial charge in [0.1, 0.15) is 23.0 Å². The molecular weight excluding hydrogens is 665 g/mol. The first kappa shape index (κ1) is 29.7. The van der Waals surface area contributed by atoms with Crippen molar-refractivity contribution in [3.8, 4) is 11.5 Å². The Hall–Kier alpha value is -3.28. The first-order valence-corrected chi connectivity index (χ1v) is 14.6. The molecule has 0 atom stereocenters. The van der Waals surface area contributed by atoms with Crippen LogP contribution >= 0.6 is 46.0 Å². The normalized spacial score (nSPS) is 15.0. The lowest BCUT2D eigenvalue weighted by molar-refractivity contribution is -0.138. The third-order valence-electron chi connectivity index (χ3n) is 5.50. The van der Waals surface area contributed by atoms with Crippen LogP contribution < -0.4 is 9.47 Å². The number of hydrogen-bond acceptors (Lipinski definition) is 7. The Bertz CT molecular complexity index is 1520. The molecule has 206 valence electrons. The maximum Gasteiger partial charge on any atom is 0.344 e. The third-order valence-corrected chi connectivity index (χ3v) is 7.55. The highest BCUT2D eigenvalue weighted by Gasteiger charge is 2.34. The first-order chi connectivity index (χ1) is 19.3. The van der Waals surface area contributed by atoms with Crippen LogP contribution in [0.3, 0.4) is 0 Å². The van der Waals surface area contributed by atoms with Crippen molar-refractivity contribution in [2.24, 2.45) is 4.99 Å². The first-order valence-electron chi connectivity index (χ1n) is 12.3. The van der Waals surface area contributed by atoms with Gasteiger partial charge in [-0.15, -0.1) is 0 Å². The number of aliphatic hydroxyl groups is 1. The monoisotopic (exact) mass is 689 g/mol. The van der Waals surface area contributed by atoms with E-state index in [2.05, 4.69) is 27.6 Å². The molecule has 0 aliphatic carbocycles. The number of amides is 1. The quantitative estimate of drug-likeness (QED) is 0.183. The number of ether oxygens (including phenoxy) is 3. The van der Waals surface area contributed by atoms with Crippen molar-refractivity contribution in [2.45, 2.75) is 20.5 Å². The van der Waals surface area contributed by atoms with E-state index in [0.29, 0.717) is 45.8 Å². The van der Waals surface area contributed by atoms with Gasteiger partial charge in [-0.3, -0.25) is 4.79 Å². The maximum absolute atomic E-state index is 12.8. The summed E-state index contributed by atoms with van der Waals surface area (Å²) in [5, 5.41) is 11.7. The van der Waals surface area contributed by atoms with Gasteiger partial charge in [-0.05, 0) is 90.0 Å². The van der Waals surface area contributed by atoms with E-state index >= 15 is 0 Å². The molecule has 0 radical (unpaired) electrons. The topological polar surface area (TPSA) is 94.4 Å². The van der Waals surface area contributed by atoms with Crippen LogP contribution in [0.4, 0.5) is 0 Å². The van der Waals surface area contributed by atoms with Crippen LogP contribution in [0.25, 0.3) is 6.08 Å². The summed E-state index contributed by atoms with van der Waals surface area (Å²) in [6, 6.07) is 19.6. The molecule has 1 N–H and O–H groups in total. The van der Waals surface area contributed by atoms with Gasteiger partial charge in [0.05, 0.1) is 21.7 Å². The van der Waals surface area contributed by atoms with E-state index in [1.54, 1.807) is 55.5 Å². The lowest BCUT2D eigenvalue weighted by Gasteiger charge is -2.15. The number of nitrogens with zero attached hydrogens (tertiary/aromatic N) is 1. The van der Waals surface area contributed by atoms with Crippen molar-refractivity contribution in [1.29, 1.82) is 0 Å². The summed E-state index contributed by atoms with van der Waals surface area (Å²) in [5.41, 5.74) is 1.82. The molecule has 7 nitrogen and oxygen atoms in total. The Labute approximate surface area is 255 Å². The minimum absolute atomic E-state index is 0.0669. The van der Waals surface area contributed by atoms with Crippen molar-refractivity contribution in [3.63, 3.8) is 0 Å². The molecule has 40 heavy (non-hydrogen) atoms. The minimum atomic E-state index is -0.759. The number of benzene rings is 3. The Balaban J connectivity index is 1.67. The van der Waals surface area contributed by atoms with Crippen molar-refractivity contribution in [2.75, 3.05) is 13.2 Å². The number of aliphatic hydroxyl groups excluding tert-OH is 1. The summed E-state index contributed by atoms with van der Waals surface area (Å²) >= 11 is 9.27. The molecule has 10 heteroatoms. The van der Waals surface area contributed by atoms with Crippen molar-refractivity contribution >= 4 is 68.9 Å². The van der Waals surface area contributed by atoms with Crippen LogP contribution in [0, 0.1) is 3.57 Å². The van der Waals surface area contributed by atoms with Gasteiger partial charge in [0.15, 0.2) is 11.5 Å². The summed E-state index contributed by atoms with van der Waals surface area (Å²) in [6.45, 7) is 4.35. The second-order valence-corrected chi connectivity index (χ2v) is 11.0. The molecule has 1 aliphatic rings. The van der Waals surface area contributed by atoms with Crippen LogP contribution in [0.15, 0.2) is 88.0 Å². The summed E-state index contributed by atoms with van der Waals surface area (Å²) < 4.78 is 17.9. The molecular formula is C30H25ClINO6S. The lowest BCUT2D eigenvalue weighted by Crippen LogP contribution is -2.14. The van der Waals surface area contributed by atoms with E-state index in [1.165, 1.54) is 0 Å². The molecule has 1 aliphatic heterocycles. The van der Waals surface area contributed by atoms with Gasteiger partial charge < -0.3 is 19.3 Å². The zero-order valence-corrected chi connectivity index (χ0v) is 25.4. The van der Waals surface area contributed by atoms with Crippen LogP contribution in [0.5, 0.6) is 11.5 Å². The van der Waals surface area contributed by atoms with Gasteiger partial charge in [-0.2, -0.15) is 0 Å². The van der Waals surface area contributed by atoms with Gasteiger partial charge in [-0.25, -0.2) is 9.79 Å². The fourth-order valence-corrected chi connectivity index (χ4v) is 5.74. The number of esters is 1. The summed E-state index contributed by atoms with van der Waals surface area (Å²) in [6.07, 6.45) is 1.69. The molecule has 3 aromatic rings. The molecule has 0 aromatic heterocycles. The van der Waals surface area contributed by atoms with Gasteiger partial charge in [0.2, 0.25) is 0 Å². The lowest BCUT2D eigenvalue weighted by atomic mass is 10.1. The second kappa shape index (κ2) is 13.9. The molecule has 0 spiro atoms. The molecule has 0 bridgehead atoms. The van der Waals surface area contributed by atoms with Gasteiger partial charge in [0.25, 0.3) is 5.91 Å². The van der Waals surface area contributed by atoms with Crippen LogP contribution in [-0.2, 0) is 16.1 Å². The minimum Gasteiger partial charge on any atom is -0.506 e. The molecule has 0 fully saturated rings. The van der Waals surface area contributed by atoms with E-state index in [-0.39, 0.29) is 23.0 Å². The van der Waals surface area contributed by atoms with Crippen molar-refractivity contribution in [3.05, 3.63) is 108 Å². The van der Waals surface area contributed by atoms with E-state index in [1.807, 2.05) is 31.2 Å². The Kier molecular flexibility index (Phi) is 10.3. The summed E-state index contributed by atoms with van der Waals surface area (Å²) in [4.78, 5) is 30.0. The fraction of sp³-hybridized carbons (Fsp3) is 0.167. The van der Waals surface area contributed by atoms with Gasteiger partial charge in [0, 0.05) is 10.6 Å². The van der Waals surface area contributed by atoms with Crippen LogP contribution in [-0.4, -0.2) is 35.2 Å². The average Bonchev–Trinajstić information content (AvgIpc) is 3.23. The number of rotatable bonds is 9. The second-order valence-electron chi connectivity index (χ2n) is 8.32.